The van der Waals surface area contributed by atoms with E-state index in [9.17, 15) is 10.4 Å². The lowest BCUT2D eigenvalue weighted by Gasteiger charge is -2.45. The van der Waals surface area contributed by atoms with Gasteiger partial charge in [0, 0.05) is 36.6 Å². The summed E-state index contributed by atoms with van der Waals surface area (Å²) in [4.78, 5) is 11.1. The quantitative estimate of drug-likeness (QED) is 0.941. The van der Waals surface area contributed by atoms with E-state index in [4.69, 9.17) is 0 Å². The van der Waals surface area contributed by atoms with E-state index >= 15 is 0 Å². The van der Waals surface area contributed by atoms with Crippen molar-refractivity contribution in [1.82, 2.24) is 9.97 Å². The first-order chi connectivity index (χ1) is 10.5. The Morgan fingerprint density at radius 2 is 2.05 bits per heavy atom. The summed E-state index contributed by atoms with van der Waals surface area (Å²) in [5.41, 5.74) is 1.54. The topological polar surface area (TPSA) is 73.0 Å². The summed E-state index contributed by atoms with van der Waals surface area (Å²) in [6, 6.07) is 4.31. The van der Waals surface area contributed by atoms with Crippen molar-refractivity contribution in [1.29, 1.82) is 5.26 Å². The molecule has 0 spiro atoms. The molecule has 2 aromatic heterocycles. The molecule has 114 valence electrons. The molecule has 3 heterocycles. The highest BCUT2D eigenvalue weighted by molar-refractivity contribution is 5.94. The number of hydrogen-bond acceptors (Lipinski definition) is 5. The largest absolute Gasteiger partial charge is 0.395 e. The third-order valence-corrected chi connectivity index (χ3v) is 4.37. The maximum absolute atomic E-state index is 9.39. The molecule has 22 heavy (non-hydrogen) atoms. The first kappa shape index (κ1) is 14.7. The molecule has 0 bridgehead atoms. The number of anilines is 1. The summed E-state index contributed by atoms with van der Waals surface area (Å²) in [5.74, 6) is 1.24. The number of aliphatic hydroxyl groups excluding tert-OH is 1. The molecular weight excluding hydrogens is 276 g/mol. The Labute approximate surface area is 130 Å². The molecule has 1 fully saturated rings. The molecule has 1 saturated heterocycles. The Morgan fingerprint density at radius 3 is 2.64 bits per heavy atom. The molecule has 0 aliphatic carbocycles. The van der Waals surface area contributed by atoms with E-state index in [1.807, 2.05) is 24.2 Å². The van der Waals surface area contributed by atoms with Crippen LogP contribution < -0.4 is 4.90 Å². The lowest BCUT2D eigenvalue weighted by Crippen LogP contribution is -2.58. The molecule has 1 aliphatic heterocycles. The lowest BCUT2D eigenvalue weighted by atomic mass is 9.82. The number of aromatic nitrogens is 2. The van der Waals surface area contributed by atoms with Crippen LogP contribution in [0, 0.1) is 23.7 Å². The minimum Gasteiger partial charge on any atom is -0.395 e. The van der Waals surface area contributed by atoms with Gasteiger partial charge in [0.05, 0.1) is 12.7 Å². The van der Waals surface area contributed by atoms with E-state index < -0.39 is 5.41 Å². The van der Waals surface area contributed by atoms with Crippen LogP contribution in [0.4, 0.5) is 5.82 Å². The van der Waals surface area contributed by atoms with Gasteiger partial charge >= 0.3 is 0 Å². The summed E-state index contributed by atoms with van der Waals surface area (Å²) in [7, 11) is 0. The molecule has 1 aliphatic rings. The number of nitrogens with zero attached hydrogens (tertiary/aromatic N) is 4. The summed E-state index contributed by atoms with van der Waals surface area (Å²) in [6.07, 6.45) is 3.79. The molecule has 0 saturated carbocycles. The van der Waals surface area contributed by atoms with Gasteiger partial charge in [-0.2, -0.15) is 5.26 Å². The average Bonchev–Trinajstić information content (AvgIpc) is 2.46. The van der Waals surface area contributed by atoms with Crippen molar-refractivity contribution in [2.24, 2.45) is 5.41 Å². The van der Waals surface area contributed by atoms with Crippen LogP contribution >= 0.6 is 0 Å². The molecular formula is C17H20N4O. The van der Waals surface area contributed by atoms with Gasteiger partial charge in [0.1, 0.15) is 11.2 Å². The van der Waals surface area contributed by atoms with Crippen LogP contribution in [-0.4, -0.2) is 34.8 Å². The van der Waals surface area contributed by atoms with Crippen LogP contribution in [-0.2, 0) is 0 Å². The van der Waals surface area contributed by atoms with Crippen molar-refractivity contribution >= 4 is 16.6 Å². The molecule has 0 unspecified atom stereocenters. The smallest absolute Gasteiger partial charge is 0.138 e. The van der Waals surface area contributed by atoms with Crippen molar-refractivity contribution in [3.63, 3.8) is 0 Å². The molecule has 5 heteroatoms. The summed E-state index contributed by atoms with van der Waals surface area (Å²) >= 11 is 0. The predicted molar refractivity (Wildman–Crippen MR) is 85.7 cm³/mol. The van der Waals surface area contributed by atoms with Crippen molar-refractivity contribution in [2.75, 3.05) is 24.6 Å². The number of rotatable bonds is 3. The summed E-state index contributed by atoms with van der Waals surface area (Å²) in [5, 5.41) is 20.8. The van der Waals surface area contributed by atoms with E-state index in [2.05, 4.69) is 36.0 Å². The first-order valence-electron chi connectivity index (χ1n) is 7.52. The number of aliphatic hydroxyl groups is 1. The fourth-order valence-electron chi connectivity index (χ4n) is 3.00. The maximum Gasteiger partial charge on any atom is 0.138 e. The van der Waals surface area contributed by atoms with Crippen molar-refractivity contribution in [3.05, 3.63) is 29.7 Å². The average molecular weight is 296 g/mol. The Bertz CT molecular complexity index is 757. The van der Waals surface area contributed by atoms with Crippen molar-refractivity contribution in [2.45, 2.75) is 26.7 Å². The van der Waals surface area contributed by atoms with Crippen molar-refractivity contribution in [3.8, 4) is 6.07 Å². The number of hydrogen-bond donors (Lipinski definition) is 1. The minimum absolute atomic E-state index is 0.112. The fourth-order valence-corrected chi connectivity index (χ4v) is 3.00. The van der Waals surface area contributed by atoms with Crippen molar-refractivity contribution < 1.29 is 5.11 Å². The zero-order valence-electron chi connectivity index (χ0n) is 13.2. The van der Waals surface area contributed by atoms with E-state index in [1.165, 1.54) is 10.9 Å². The zero-order valence-corrected chi connectivity index (χ0v) is 13.2. The number of nitriles is 1. The Morgan fingerprint density at radius 1 is 1.32 bits per heavy atom. The van der Waals surface area contributed by atoms with Gasteiger partial charge in [-0.3, -0.25) is 4.98 Å². The molecule has 3 rings (SSSR count). The van der Waals surface area contributed by atoms with Crippen LogP contribution in [0.25, 0.3) is 10.8 Å². The molecule has 2 aromatic rings. The van der Waals surface area contributed by atoms with E-state index in [0.29, 0.717) is 19.0 Å². The van der Waals surface area contributed by atoms with Crippen LogP contribution in [0.2, 0.25) is 0 Å². The second-order valence-electron chi connectivity index (χ2n) is 6.47. The van der Waals surface area contributed by atoms with Gasteiger partial charge in [0.2, 0.25) is 0 Å². The Kier molecular flexibility index (Phi) is 3.50. The number of aryl methyl sites for hydroxylation is 1. The SMILES string of the molecule is Cc1cc2c(C(C)C)cnc(N3CC(C#N)(CO)C3)c2cn1. The normalized spacial score (nSPS) is 16.6. The molecule has 1 N–H and O–H groups in total. The fraction of sp³-hybridized carbons (Fsp3) is 0.471. The third-order valence-electron chi connectivity index (χ3n) is 4.37. The summed E-state index contributed by atoms with van der Waals surface area (Å²) in [6.45, 7) is 7.21. The summed E-state index contributed by atoms with van der Waals surface area (Å²) < 4.78 is 0. The molecule has 0 aromatic carbocycles. The number of fused-ring (bicyclic) bond motifs is 1. The van der Waals surface area contributed by atoms with Gasteiger partial charge in [-0.1, -0.05) is 13.8 Å². The van der Waals surface area contributed by atoms with Crippen LogP contribution in [0.15, 0.2) is 18.5 Å². The van der Waals surface area contributed by atoms with E-state index in [0.717, 1.165) is 16.9 Å². The monoisotopic (exact) mass is 296 g/mol. The lowest BCUT2D eigenvalue weighted by molar-refractivity contribution is 0.144. The van der Waals surface area contributed by atoms with Gasteiger partial charge in [0.15, 0.2) is 0 Å². The first-order valence-corrected chi connectivity index (χ1v) is 7.52. The molecule has 0 radical (unpaired) electrons. The minimum atomic E-state index is -0.650. The molecule has 0 atom stereocenters. The second-order valence-corrected chi connectivity index (χ2v) is 6.47. The van der Waals surface area contributed by atoms with Gasteiger partial charge in [-0.05, 0) is 29.9 Å². The highest BCUT2D eigenvalue weighted by Gasteiger charge is 2.44. The van der Waals surface area contributed by atoms with Crippen LogP contribution in [0.5, 0.6) is 0 Å². The highest BCUT2D eigenvalue weighted by Crippen LogP contribution is 2.37. The molecule has 5 nitrogen and oxygen atoms in total. The van der Waals surface area contributed by atoms with Gasteiger partial charge < -0.3 is 10.0 Å². The third kappa shape index (κ3) is 2.20. The Balaban J connectivity index is 2.06. The van der Waals surface area contributed by atoms with Gasteiger partial charge in [-0.15, -0.1) is 0 Å². The standard InChI is InChI=1S/C17H20N4O/c1-11(2)14-5-20-16(15-6-19-12(3)4-13(14)15)21-8-17(7-18,9-21)10-22/h4-6,11,22H,8-10H2,1-3H3. The molecule has 0 amide bonds. The number of pyridine rings is 2. The van der Waals surface area contributed by atoms with E-state index in [1.54, 1.807) is 0 Å². The van der Waals surface area contributed by atoms with Crippen LogP contribution in [0.1, 0.15) is 31.0 Å². The Hall–Kier alpha value is -2.19. The van der Waals surface area contributed by atoms with E-state index in [-0.39, 0.29) is 6.61 Å². The van der Waals surface area contributed by atoms with Gasteiger partial charge in [-0.25, -0.2) is 4.98 Å². The van der Waals surface area contributed by atoms with Crippen LogP contribution in [0.3, 0.4) is 0 Å². The maximum atomic E-state index is 9.39. The second kappa shape index (κ2) is 5.22. The zero-order chi connectivity index (χ0) is 15.9. The predicted octanol–water partition coefficient (Wildman–Crippen LogP) is 2.38. The van der Waals surface area contributed by atoms with Gasteiger partial charge in [0.25, 0.3) is 0 Å². The highest BCUT2D eigenvalue weighted by atomic mass is 16.3.